The molecule has 0 spiro atoms. The van der Waals surface area contributed by atoms with Crippen molar-refractivity contribution in [1.82, 2.24) is 20.0 Å². The summed E-state index contributed by atoms with van der Waals surface area (Å²) >= 11 is 0. The molecule has 2 heterocycles. The number of aliphatic hydroxyl groups is 1. The van der Waals surface area contributed by atoms with E-state index in [0.29, 0.717) is 25.3 Å². The van der Waals surface area contributed by atoms with E-state index in [-0.39, 0.29) is 5.91 Å². The molecule has 0 aromatic carbocycles. The minimum Gasteiger partial charge on any atom is -0.390 e. The summed E-state index contributed by atoms with van der Waals surface area (Å²) in [5.74, 6) is -0.0307. The molecule has 1 saturated heterocycles. The Hall–Kier alpha value is -1.40. The average Bonchev–Trinajstić information content (AvgIpc) is 2.85. The first-order chi connectivity index (χ1) is 10.7. The minimum atomic E-state index is -0.479. The van der Waals surface area contributed by atoms with E-state index in [0.717, 1.165) is 56.5 Å². The van der Waals surface area contributed by atoms with Gasteiger partial charge in [0.25, 0.3) is 5.91 Å². The number of hydrogen-bond donors (Lipinski definition) is 2. The van der Waals surface area contributed by atoms with Gasteiger partial charge in [0.2, 0.25) is 0 Å². The molecular formula is C16H26N4O2. The maximum absolute atomic E-state index is 12.8. The second kappa shape index (κ2) is 6.79. The number of aromatic amines is 1. The normalized spacial score (nSPS) is 23.2. The van der Waals surface area contributed by atoms with E-state index in [1.807, 2.05) is 0 Å². The van der Waals surface area contributed by atoms with Gasteiger partial charge in [-0.2, -0.15) is 5.10 Å². The molecular weight excluding hydrogens is 280 g/mol. The lowest BCUT2D eigenvalue weighted by molar-refractivity contribution is 0.0657. The van der Waals surface area contributed by atoms with Crippen LogP contribution in [0.5, 0.6) is 0 Å². The number of aliphatic hydroxyl groups excluding tert-OH is 1. The van der Waals surface area contributed by atoms with Crippen LogP contribution in [-0.4, -0.2) is 69.8 Å². The SMILES string of the molecule is CCCN1CCN(C(=O)c2n[nH]c3c2CCCC3)CC(O)C1. The van der Waals surface area contributed by atoms with Crippen LogP contribution in [0.15, 0.2) is 0 Å². The summed E-state index contributed by atoms with van der Waals surface area (Å²) in [6.07, 6.45) is 4.80. The van der Waals surface area contributed by atoms with Crippen LogP contribution in [0.25, 0.3) is 0 Å². The summed E-state index contributed by atoms with van der Waals surface area (Å²) in [7, 11) is 0. The largest absolute Gasteiger partial charge is 0.390 e. The van der Waals surface area contributed by atoms with Gasteiger partial charge in [0.05, 0.1) is 6.10 Å². The number of aryl methyl sites for hydroxylation is 1. The molecule has 0 bridgehead atoms. The van der Waals surface area contributed by atoms with Crippen LogP contribution >= 0.6 is 0 Å². The molecule has 2 N–H and O–H groups in total. The quantitative estimate of drug-likeness (QED) is 0.867. The number of carbonyl (C=O) groups is 1. The number of carbonyl (C=O) groups excluding carboxylic acids is 1. The fourth-order valence-electron chi connectivity index (χ4n) is 3.57. The van der Waals surface area contributed by atoms with Crippen molar-refractivity contribution in [2.45, 2.75) is 45.1 Å². The molecule has 22 heavy (non-hydrogen) atoms. The van der Waals surface area contributed by atoms with Gasteiger partial charge in [-0.25, -0.2) is 0 Å². The van der Waals surface area contributed by atoms with Crippen molar-refractivity contribution in [3.63, 3.8) is 0 Å². The van der Waals surface area contributed by atoms with Gasteiger partial charge in [-0.05, 0) is 38.6 Å². The predicted octanol–water partition coefficient (Wildman–Crippen LogP) is 0.817. The van der Waals surface area contributed by atoms with Crippen molar-refractivity contribution in [3.05, 3.63) is 17.0 Å². The van der Waals surface area contributed by atoms with E-state index >= 15 is 0 Å². The Balaban J connectivity index is 1.73. The minimum absolute atomic E-state index is 0.0307. The lowest BCUT2D eigenvalue weighted by Gasteiger charge is -2.22. The fourth-order valence-corrected chi connectivity index (χ4v) is 3.57. The van der Waals surface area contributed by atoms with Crippen LogP contribution in [0.2, 0.25) is 0 Å². The summed E-state index contributed by atoms with van der Waals surface area (Å²) in [4.78, 5) is 16.8. The zero-order valence-corrected chi connectivity index (χ0v) is 13.3. The number of fused-ring (bicyclic) bond motifs is 1. The molecule has 1 aliphatic carbocycles. The lowest BCUT2D eigenvalue weighted by atomic mass is 9.95. The standard InChI is InChI=1S/C16H26N4O2/c1-2-7-19-8-9-20(11-12(21)10-19)16(22)15-13-5-3-4-6-14(13)17-18-15/h12,21H,2-11H2,1H3,(H,17,18). The van der Waals surface area contributed by atoms with E-state index < -0.39 is 6.10 Å². The number of nitrogens with one attached hydrogen (secondary N) is 1. The Morgan fingerprint density at radius 1 is 1.32 bits per heavy atom. The Morgan fingerprint density at radius 2 is 2.14 bits per heavy atom. The van der Waals surface area contributed by atoms with Crippen LogP contribution in [0.4, 0.5) is 0 Å². The van der Waals surface area contributed by atoms with Gasteiger partial charge in [-0.3, -0.25) is 14.8 Å². The molecule has 1 amide bonds. The van der Waals surface area contributed by atoms with Crippen molar-refractivity contribution in [2.24, 2.45) is 0 Å². The van der Waals surface area contributed by atoms with E-state index in [1.54, 1.807) is 4.90 Å². The van der Waals surface area contributed by atoms with Crippen LogP contribution in [-0.2, 0) is 12.8 Å². The zero-order chi connectivity index (χ0) is 15.5. The van der Waals surface area contributed by atoms with Crippen molar-refractivity contribution < 1.29 is 9.90 Å². The molecule has 1 fully saturated rings. The Kier molecular flexibility index (Phi) is 4.78. The Labute approximate surface area is 131 Å². The fraction of sp³-hybridized carbons (Fsp3) is 0.750. The van der Waals surface area contributed by atoms with Crippen molar-refractivity contribution >= 4 is 5.91 Å². The first-order valence-electron chi connectivity index (χ1n) is 8.44. The molecule has 6 heteroatoms. The van der Waals surface area contributed by atoms with Crippen LogP contribution < -0.4 is 0 Å². The molecule has 3 rings (SSSR count). The van der Waals surface area contributed by atoms with Gasteiger partial charge in [0, 0.05) is 37.4 Å². The van der Waals surface area contributed by atoms with E-state index in [2.05, 4.69) is 22.0 Å². The highest BCUT2D eigenvalue weighted by atomic mass is 16.3. The molecule has 0 radical (unpaired) electrons. The first-order valence-corrected chi connectivity index (χ1v) is 8.44. The number of H-pyrrole nitrogens is 1. The van der Waals surface area contributed by atoms with Crippen LogP contribution in [0.3, 0.4) is 0 Å². The topological polar surface area (TPSA) is 72.5 Å². The Bertz CT molecular complexity index is 528. The molecule has 1 atom stereocenters. The number of amides is 1. The smallest absolute Gasteiger partial charge is 0.274 e. The molecule has 1 unspecified atom stereocenters. The summed E-state index contributed by atoms with van der Waals surface area (Å²) < 4.78 is 0. The third-order valence-electron chi connectivity index (χ3n) is 4.67. The maximum Gasteiger partial charge on any atom is 0.274 e. The average molecular weight is 306 g/mol. The summed E-state index contributed by atoms with van der Waals surface area (Å²) in [5.41, 5.74) is 2.80. The van der Waals surface area contributed by atoms with E-state index in [1.165, 1.54) is 0 Å². The number of nitrogens with zero attached hydrogens (tertiary/aromatic N) is 3. The lowest BCUT2D eigenvalue weighted by Crippen LogP contribution is -2.38. The van der Waals surface area contributed by atoms with Crippen LogP contribution in [0, 0.1) is 0 Å². The van der Waals surface area contributed by atoms with Gasteiger partial charge < -0.3 is 10.0 Å². The van der Waals surface area contributed by atoms with E-state index in [9.17, 15) is 9.90 Å². The number of rotatable bonds is 3. The third-order valence-corrected chi connectivity index (χ3v) is 4.67. The van der Waals surface area contributed by atoms with Gasteiger partial charge in [0.15, 0.2) is 5.69 Å². The second-order valence-electron chi connectivity index (χ2n) is 6.44. The van der Waals surface area contributed by atoms with Crippen molar-refractivity contribution in [2.75, 3.05) is 32.7 Å². The second-order valence-corrected chi connectivity index (χ2v) is 6.44. The predicted molar refractivity (Wildman–Crippen MR) is 83.9 cm³/mol. The first kappa shape index (κ1) is 15.5. The van der Waals surface area contributed by atoms with Gasteiger partial charge in [-0.15, -0.1) is 0 Å². The van der Waals surface area contributed by atoms with Gasteiger partial charge >= 0.3 is 0 Å². The highest BCUT2D eigenvalue weighted by molar-refractivity contribution is 5.94. The van der Waals surface area contributed by atoms with E-state index in [4.69, 9.17) is 0 Å². The van der Waals surface area contributed by atoms with Gasteiger partial charge in [-0.1, -0.05) is 6.92 Å². The molecule has 1 aromatic heterocycles. The highest BCUT2D eigenvalue weighted by Crippen LogP contribution is 2.23. The number of β-amino-alcohol motifs (C(OH)–C–C–N with tert-alkyl or cyclic N) is 1. The molecule has 2 aliphatic rings. The number of hydrogen-bond acceptors (Lipinski definition) is 4. The summed E-state index contributed by atoms with van der Waals surface area (Å²) in [6.45, 7) is 5.64. The Morgan fingerprint density at radius 3 is 2.95 bits per heavy atom. The molecule has 6 nitrogen and oxygen atoms in total. The molecule has 1 aromatic rings. The van der Waals surface area contributed by atoms with Crippen molar-refractivity contribution in [1.29, 1.82) is 0 Å². The molecule has 122 valence electrons. The molecule has 0 saturated carbocycles. The zero-order valence-electron chi connectivity index (χ0n) is 13.3. The summed E-state index contributed by atoms with van der Waals surface area (Å²) in [5, 5.41) is 17.5. The van der Waals surface area contributed by atoms with Crippen LogP contribution in [0.1, 0.15) is 47.9 Å². The summed E-state index contributed by atoms with van der Waals surface area (Å²) in [6, 6.07) is 0. The number of aromatic nitrogens is 2. The third kappa shape index (κ3) is 3.17. The molecule has 1 aliphatic heterocycles. The monoisotopic (exact) mass is 306 g/mol. The maximum atomic E-state index is 12.8. The van der Waals surface area contributed by atoms with Crippen molar-refractivity contribution in [3.8, 4) is 0 Å². The highest BCUT2D eigenvalue weighted by Gasteiger charge is 2.29. The van der Waals surface area contributed by atoms with Gasteiger partial charge in [0.1, 0.15) is 0 Å².